The first kappa shape index (κ1) is 59.1. The number of aliphatic hydroxyl groups is 2. The largest absolute Gasteiger partial charge is 0.466 e. The van der Waals surface area contributed by atoms with Gasteiger partial charge in [0.25, 0.3) is 0 Å². The Bertz CT molecular complexity index is 993. The maximum Gasteiger partial charge on any atom is 0.305 e. The van der Waals surface area contributed by atoms with Gasteiger partial charge in [0.2, 0.25) is 5.91 Å². The lowest BCUT2D eigenvalue weighted by molar-refractivity contribution is -0.143. The van der Waals surface area contributed by atoms with Crippen LogP contribution in [-0.4, -0.2) is 47.4 Å². The molecule has 0 bridgehead atoms. The number of allylic oxidation sites excluding steroid dienone is 5. The fourth-order valence-electron chi connectivity index (χ4n) is 8.04. The predicted molar refractivity (Wildman–Crippen MR) is 264 cm³/mol. The molecule has 2 atom stereocenters. The Morgan fingerprint density at radius 2 is 0.803 bits per heavy atom. The minimum absolute atomic E-state index is 0.0210. The Kier molecular flexibility index (Phi) is 49.1. The molecule has 0 saturated heterocycles. The zero-order chi connectivity index (χ0) is 44.4. The summed E-state index contributed by atoms with van der Waals surface area (Å²) < 4.78 is 5.44. The van der Waals surface area contributed by atoms with Crippen molar-refractivity contribution < 1.29 is 24.5 Å². The van der Waals surface area contributed by atoms with E-state index < -0.39 is 12.1 Å². The summed E-state index contributed by atoms with van der Waals surface area (Å²) in [7, 11) is 0. The van der Waals surface area contributed by atoms with Crippen LogP contribution in [0, 0.1) is 0 Å². The number of unbranched alkanes of at least 4 members (excludes halogenated alkanes) is 35. The first-order valence-electron chi connectivity index (χ1n) is 26.8. The van der Waals surface area contributed by atoms with Gasteiger partial charge in [-0.3, -0.25) is 9.59 Å². The van der Waals surface area contributed by atoms with Crippen molar-refractivity contribution in [3.63, 3.8) is 0 Å². The van der Waals surface area contributed by atoms with Crippen LogP contribution in [0.2, 0.25) is 0 Å². The van der Waals surface area contributed by atoms with E-state index in [2.05, 4.69) is 43.5 Å². The summed E-state index contributed by atoms with van der Waals surface area (Å²) in [6.07, 6.45) is 61.5. The molecular weight excluding hydrogens is 755 g/mol. The molecule has 0 heterocycles. The van der Waals surface area contributed by atoms with E-state index in [1.165, 1.54) is 173 Å². The number of hydrogen-bond acceptors (Lipinski definition) is 5. The van der Waals surface area contributed by atoms with E-state index in [4.69, 9.17) is 4.74 Å². The van der Waals surface area contributed by atoms with Gasteiger partial charge in [0.15, 0.2) is 0 Å². The molecule has 0 aromatic carbocycles. The van der Waals surface area contributed by atoms with Gasteiger partial charge in [-0.05, 0) is 64.2 Å². The first-order chi connectivity index (χ1) is 30.0. The van der Waals surface area contributed by atoms with E-state index in [1.807, 2.05) is 6.08 Å². The number of rotatable bonds is 49. The average Bonchev–Trinajstić information content (AvgIpc) is 3.26. The molecule has 0 aliphatic rings. The van der Waals surface area contributed by atoms with E-state index in [0.29, 0.717) is 19.4 Å². The second kappa shape index (κ2) is 50.7. The highest BCUT2D eigenvalue weighted by molar-refractivity contribution is 5.76. The molecule has 0 aliphatic heterocycles. The molecule has 0 radical (unpaired) electrons. The van der Waals surface area contributed by atoms with Crippen molar-refractivity contribution in [2.45, 2.75) is 289 Å². The van der Waals surface area contributed by atoms with Gasteiger partial charge in [0.1, 0.15) is 0 Å². The standard InChI is InChI=1S/C55H103NO5/c1-3-5-7-9-11-13-15-17-20-23-27-31-35-39-43-47-53(58)52(51-57)56-54(59)48-44-40-36-32-28-24-21-19-22-26-30-34-38-42-46-50-61-55(60)49-45-41-37-33-29-25-18-16-14-12-10-8-6-4-2/h19,22,26,30,43,47,52-53,57-58H,3-18,20-21,23-25,27-29,31-42,44-46,48-51H2,1-2H3,(H,56,59)/b22-19-,30-26-,47-43+. The smallest absolute Gasteiger partial charge is 0.305 e. The Morgan fingerprint density at radius 3 is 1.21 bits per heavy atom. The van der Waals surface area contributed by atoms with Gasteiger partial charge in [-0.1, -0.05) is 237 Å². The lowest BCUT2D eigenvalue weighted by Crippen LogP contribution is -2.45. The fraction of sp³-hybridized carbons (Fsp3) is 0.855. The van der Waals surface area contributed by atoms with E-state index in [1.54, 1.807) is 6.08 Å². The molecule has 0 aromatic rings. The average molecular weight is 858 g/mol. The van der Waals surface area contributed by atoms with Gasteiger partial charge >= 0.3 is 5.97 Å². The second-order valence-corrected chi connectivity index (χ2v) is 18.2. The monoisotopic (exact) mass is 858 g/mol. The molecule has 0 fully saturated rings. The van der Waals surface area contributed by atoms with Gasteiger partial charge in [0, 0.05) is 12.8 Å². The van der Waals surface area contributed by atoms with Crippen molar-refractivity contribution in [2.24, 2.45) is 0 Å². The molecule has 6 heteroatoms. The summed E-state index contributed by atoms with van der Waals surface area (Å²) in [5, 5.41) is 23.0. The van der Waals surface area contributed by atoms with Crippen LogP contribution in [0.15, 0.2) is 36.5 Å². The minimum atomic E-state index is -0.858. The summed E-state index contributed by atoms with van der Waals surface area (Å²) in [5.41, 5.74) is 0. The molecule has 2 unspecified atom stereocenters. The Labute approximate surface area is 379 Å². The van der Waals surface area contributed by atoms with Crippen LogP contribution >= 0.6 is 0 Å². The maximum absolute atomic E-state index is 12.4. The highest BCUT2D eigenvalue weighted by Crippen LogP contribution is 2.16. The van der Waals surface area contributed by atoms with E-state index in [-0.39, 0.29) is 18.5 Å². The number of aliphatic hydroxyl groups excluding tert-OH is 2. The topological polar surface area (TPSA) is 95.9 Å². The Morgan fingerprint density at radius 1 is 0.459 bits per heavy atom. The maximum atomic E-state index is 12.4. The van der Waals surface area contributed by atoms with Crippen molar-refractivity contribution in [3.05, 3.63) is 36.5 Å². The molecular formula is C55H103NO5. The fourth-order valence-corrected chi connectivity index (χ4v) is 8.04. The molecule has 0 rings (SSSR count). The van der Waals surface area contributed by atoms with Gasteiger partial charge < -0.3 is 20.3 Å². The minimum Gasteiger partial charge on any atom is -0.466 e. The van der Waals surface area contributed by atoms with Crippen LogP contribution < -0.4 is 5.32 Å². The number of hydrogen-bond donors (Lipinski definition) is 3. The van der Waals surface area contributed by atoms with E-state index in [9.17, 15) is 19.8 Å². The molecule has 61 heavy (non-hydrogen) atoms. The van der Waals surface area contributed by atoms with E-state index in [0.717, 1.165) is 77.0 Å². The van der Waals surface area contributed by atoms with Gasteiger partial charge in [-0.25, -0.2) is 0 Å². The van der Waals surface area contributed by atoms with Crippen LogP contribution in [0.5, 0.6) is 0 Å². The van der Waals surface area contributed by atoms with Crippen LogP contribution in [-0.2, 0) is 14.3 Å². The Balaban J connectivity index is 3.55. The molecule has 0 aromatic heterocycles. The number of nitrogens with one attached hydrogen (secondary N) is 1. The summed E-state index contributed by atoms with van der Waals surface area (Å²) in [6, 6.07) is -0.644. The quantitative estimate of drug-likeness (QED) is 0.0245. The van der Waals surface area contributed by atoms with Gasteiger partial charge in [-0.2, -0.15) is 0 Å². The highest BCUT2D eigenvalue weighted by Gasteiger charge is 2.18. The molecule has 358 valence electrons. The third-order valence-corrected chi connectivity index (χ3v) is 12.2. The lowest BCUT2D eigenvalue weighted by atomic mass is 10.0. The number of carbonyl (C=O) groups is 2. The predicted octanol–water partition coefficient (Wildman–Crippen LogP) is 16.1. The summed E-state index contributed by atoms with van der Waals surface area (Å²) in [5.74, 6) is -0.111. The molecule has 3 N–H and O–H groups in total. The van der Waals surface area contributed by atoms with Crippen LogP contribution in [0.1, 0.15) is 277 Å². The molecule has 0 aliphatic carbocycles. The van der Waals surface area contributed by atoms with Crippen LogP contribution in [0.25, 0.3) is 0 Å². The number of esters is 1. The molecule has 6 nitrogen and oxygen atoms in total. The zero-order valence-electron chi connectivity index (χ0n) is 40.6. The Hall–Kier alpha value is -1.92. The van der Waals surface area contributed by atoms with Crippen LogP contribution in [0.4, 0.5) is 0 Å². The van der Waals surface area contributed by atoms with Crippen molar-refractivity contribution >= 4 is 11.9 Å². The number of ether oxygens (including phenoxy) is 1. The number of amides is 1. The first-order valence-corrected chi connectivity index (χ1v) is 26.8. The van der Waals surface area contributed by atoms with E-state index >= 15 is 0 Å². The van der Waals surface area contributed by atoms with Crippen LogP contribution in [0.3, 0.4) is 0 Å². The normalized spacial score (nSPS) is 12.9. The van der Waals surface area contributed by atoms with Crippen molar-refractivity contribution in [1.82, 2.24) is 5.32 Å². The second-order valence-electron chi connectivity index (χ2n) is 18.2. The highest BCUT2D eigenvalue weighted by atomic mass is 16.5. The lowest BCUT2D eigenvalue weighted by Gasteiger charge is -2.20. The summed E-state index contributed by atoms with van der Waals surface area (Å²) in [4.78, 5) is 24.4. The van der Waals surface area contributed by atoms with Gasteiger partial charge in [-0.15, -0.1) is 0 Å². The number of carbonyl (C=O) groups excluding carboxylic acids is 2. The SMILES string of the molecule is CCCCCCCCCCCCCCC/C=C/C(O)C(CO)NC(=O)CCCCCCCC/C=C\C=C/CCCCCOC(=O)CCCCCCCCCCCCCCCC. The summed E-state index contributed by atoms with van der Waals surface area (Å²) >= 11 is 0. The van der Waals surface area contributed by atoms with Crippen molar-refractivity contribution in [1.29, 1.82) is 0 Å². The van der Waals surface area contributed by atoms with Gasteiger partial charge in [0.05, 0.1) is 25.4 Å². The zero-order valence-corrected chi connectivity index (χ0v) is 40.6. The van der Waals surface area contributed by atoms with Crippen molar-refractivity contribution in [2.75, 3.05) is 13.2 Å². The van der Waals surface area contributed by atoms with Crippen molar-refractivity contribution in [3.8, 4) is 0 Å². The third kappa shape index (κ3) is 47.4. The molecule has 1 amide bonds. The third-order valence-electron chi connectivity index (χ3n) is 12.2. The summed E-state index contributed by atoms with van der Waals surface area (Å²) in [6.45, 7) is 4.85. The molecule has 0 spiro atoms. The molecule has 0 saturated carbocycles.